The molecule has 4 rings (SSSR count). The Hall–Kier alpha value is -1.80. The van der Waals surface area contributed by atoms with Gasteiger partial charge >= 0.3 is 0 Å². The van der Waals surface area contributed by atoms with E-state index in [1.807, 2.05) is 12.1 Å². The summed E-state index contributed by atoms with van der Waals surface area (Å²) >= 11 is 6.93. The molecule has 2 aromatic rings. The number of hydrogen-bond acceptors (Lipinski definition) is 2. The summed E-state index contributed by atoms with van der Waals surface area (Å²) in [5, 5.41) is 4.51. The maximum Gasteiger partial charge on any atom is 0.163 e. The molecule has 0 radical (unpaired) electrons. The topological polar surface area (TPSA) is 29.1 Å². The van der Waals surface area contributed by atoms with Gasteiger partial charge in [-0.25, -0.2) is 0 Å². The molecule has 130 valence electrons. The van der Waals surface area contributed by atoms with Crippen LogP contribution in [0.2, 0.25) is 5.02 Å². The van der Waals surface area contributed by atoms with Crippen molar-refractivity contribution >= 4 is 23.1 Å². The minimum Gasteiger partial charge on any atom is -0.380 e. The van der Waals surface area contributed by atoms with Crippen molar-refractivity contribution in [2.24, 2.45) is 0 Å². The third-order valence-electron chi connectivity index (χ3n) is 5.64. The lowest BCUT2D eigenvalue weighted by Gasteiger charge is -2.39. The van der Waals surface area contributed by atoms with Gasteiger partial charge in [-0.1, -0.05) is 36.7 Å². The number of nitrogens with one attached hydrogen (secondary N) is 1. The average Bonchev–Trinajstić information content (AvgIpc) is 2.91. The highest BCUT2D eigenvalue weighted by molar-refractivity contribution is 6.35. The fraction of sp³-hybridized carbons (Fsp3) is 0.409. The molecule has 1 N–H and O–H groups in total. The van der Waals surface area contributed by atoms with Crippen LogP contribution >= 0.6 is 11.6 Å². The smallest absolute Gasteiger partial charge is 0.163 e. The molecule has 2 aliphatic rings. The molecule has 0 aromatic heterocycles. The number of benzene rings is 2. The summed E-state index contributed by atoms with van der Waals surface area (Å²) in [6.45, 7) is 8.89. The lowest BCUT2D eigenvalue weighted by Crippen LogP contribution is -2.37. The Bertz CT molecular complexity index is 897. The van der Waals surface area contributed by atoms with Crippen LogP contribution in [0.25, 0.3) is 11.1 Å². The number of anilines is 1. The van der Waals surface area contributed by atoms with Crippen molar-refractivity contribution in [1.29, 1.82) is 0 Å². The zero-order valence-corrected chi connectivity index (χ0v) is 16.1. The van der Waals surface area contributed by atoms with Crippen molar-refractivity contribution in [2.75, 3.05) is 5.32 Å². The Balaban J connectivity index is 1.94. The van der Waals surface area contributed by atoms with Crippen LogP contribution in [-0.2, 0) is 6.42 Å². The SMILES string of the molecule is Cc1cc(-c2cccc3c2CCC3=O)c(Cl)c2c1NC(C)(C)CC2C. The molecule has 1 aliphatic heterocycles. The molecule has 2 aromatic carbocycles. The van der Waals surface area contributed by atoms with E-state index in [1.165, 1.54) is 16.8 Å². The molecule has 0 amide bonds. The molecule has 1 unspecified atom stereocenters. The van der Waals surface area contributed by atoms with E-state index in [-0.39, 0.29) is 11.3 Å². The summed E-state index contributed by atoms with van der Waals surface area (Å²) in [7, 11) is 0. The summed E-state index contributed by atoms with van der Waals surface area (Å²) in [5.74, 6) is 0.648. The molecule has 3 heteroatoms. The highest BCUT2D eigenvalue weighted by Crippen LogP contribution is 2.48. The van der Waals surface area contributed by atoms with Crippen LogP contribution < -0.4 is 5.32 Å². The van der Waals surface area contributed by atoms with Crippen LogP contribution in [0.3, 0.4) is 0 Å². The number of carbonyl (C=O) groups is 1. The lowest BCUT2D eigenvalue weighted by atomic mass is 9.79. The minimum absolute atomic E-state index is 0.0719. The third kappa shape index (κ3) is 2.58. The third-order valence-corrected chi connectivity index (χ3v) is 6.05. The number of aryl methyl sites for hydroxylation is 1. The maximum atomic E-state index is 12.1. The van der Waals surface area contributed by atoms with Crippen LogP contribution in [-0.4, -0.2) is 11.3 Å². The van der Waals surface area contributed by atoms with Gasteiger partial charge in [-0.3, -0.25) is 4.79 Å². The normalized spacial score (nSPS) is 20.8. The first-order valence-electron chi connectivity index (χ1n) is 9.05. The summed E-state index contributed by atoms with van der Waals surface area (Å²) in [5.41, 5.74) is 7.91. The van der Waals surface area contributed by atoms with E-state index in [0.717, 1.165) is 40.1 Å². The van der Waals surface area contributed by atoms with Gasteiger partial charge in [-0.2, -0.15) is 0 Å². The second kappa shape index (κ2) is 5.60. The first-order chi connectivity index (χ1) is 11.8. The molecule has 1 heterocycles. The van der Waals surface area contributed by atoms with E-state index >= 15 is 0 Å². The second-order valence-electron chi connectivity index (χ2n) is 8.21. The van der Waals surface area contributed by atoms with Gasteiger partial charge in [0.2, 0.25) is 0 Å². The van der Waals surface area contributed by atoms with E-state index in [0.29, 0.717) is 12.3 Å². The largest absolute Gasteiger partial charge is 0.380 e. The van der Waals surface area contributed by atoms with Crippen molar-refractivity contribution < 1.29 is 4.79 Å². The Kier molecular flexibility index (Phi) is 3.73. The minimum atomic E-state index is 0.0719. The first kappa shape index (κ1) is 16.7. The summed E-state index contributed by atoms with van der Waals surface area (Å²) < 4.78 is 0. The molecule has 0 spiro atoms. The predicted molar refractivity (Wildman–Crippen MR) is 105 cm³/mol. The zero-order valence-electron chi connectivity index (χ0n) is 15.3. The maximum absolute atomic E-state index is 12.1. The van der Waals surface area contributed by atoms with E-state index in [2.05, 4.69) is 45.1 Å². The fourth-order valence-corrected chi connectivity index (χ4v) is 5.08. The van der Waals surface area contributed by atoms with Gasteiger partial charge in [-0.05, 0) is 67.9 Å². The molecular formula is C22H24ClNO. The molecule has 1 atom stereocenters. The van der Waals surface area contributed by atoms with Gasteiger partial charge in [0.25, 0.3) is 0 Å². The van der Waals surface area contributed by atoms with Crippen molar-refractivity contribution in [3.8, 4) is 11.1 Å². The van der Waals surface area contributed by atoms with Gasteiger partial charge in [0.05, 0.1) is 5.02 Å². The molecule has 25 heavy (non-hydrogen) atoms. The Morgan fingerprint density at radius 2 is 1.88 bits per heavy atom. The van der Waals surface area contributed by atoms with Crippen molar-refractivity contribution in [3.05, 3.63) is 51.5 Å². The molecule has 2 nitrogen and oxygen atoms in total. The van der Waals surface area contributed by atoms with Crippen molar-refractivity contribution in [1.82, 2.24) is 0 Å². The van der Waals surface area contributed by atoms with Gasteiger partial charge < -0.3 is 5.32 Å². The molecule has 0 saturated carbocycles. The molecular weight excluding hydrogens is 330 g/mol. The van der Waals surface area contributed by atoms with Crippen molar-refractivity contribution in [2.45, 2.75) is 58.4 Å². The zero-order chi connectivity index (χ0) is 17.9. The van der Waals surface area contributed by atoms with E-state index in [9.17, 15) is 4.79 Å². The molecule has 0 saturated heterocycles. The predicted octanol–water partition coefficient (Wildman–Crippen LogP) is 6.14. The van der Waals surface area contributed by atoms with E-state index in [4.69, 9.17) is 11.6 Å². The Morgan fingerprint density at radius 1 is 1.16 bits per heavy atom. The Morgan fingerprint density at radius 3 is 2.64 bits per heavy atom. The van der Waals surface area contributed by atoms with Gasteiger partial charge in [0.15, 0.2) is 5.78 Å². The van der Waals surface area contributed by atoms with Crippen LogP contribution in [0, 0.1) is 6.92 Å². The summed E-state index contributed by atoms with van der Waals surface area (Å²) in [4.78, 5) is 12.1. The summed E-state index contributed by atoms with van der Waals surface area (Å²) in [6, 6.07) is 8.21. The first-order valence-corrected chi connectivity index (χ1v) is 9.43. The van der Waals surface area contributed by atoms with Gasteiger partial charge in [-0.15, -0.1) is 0 Å². The number of halogens is 1. The number of carbonyl (C=O) groups excluding carboxylic acids is 1. The number of ketones is 1. The van der Waals surface area contributed by atoms with E-state index in [1.54, 1.807) is 0 Å². The number of fused-ring (bicyclic) bond motifs is 2. The second-order valence-corrected chi connectivity index (χ2v) is 8.59. The van der Waals surface area contributed by atoms with Crippen LogP contribution in [0.1, 0.15) is 66.6 Å². The highest BCUT2D eigenvalue weighted by Gasteiger charge is 2.33. The van der Waals surface area contributed by atoms with Crippen LogP contribution in [0.4, 0.5) is 5.69 Å². The molecule has 1 aliphatic carbocycles. The number of hydrogen-bond donors (Lipinski definition) is 1. The number of Topliss-reactive ketones (excluding diaryl/α,β-unsaturated/α-hetero) is 1. The summed E-state index contributed by atoms with van der Waals surface area (Å²) in [6.07, 6.45) is 2.48. The van der Waals surface area contributed by atoms with Crippen LogP contribution in [0.5, 0.6) is 0 Å². The standard InChI is InChI=1S/C22H24ClNO/c1-12-10-17(14-6-5-7-16-15(14)8-9-18(16)25)20(23)19-13(2)11-22(3,4)24-21(12)19/h5-7,10,13,24H,8-9,11H2,1-4H3. The van der Waals surface area contributed by atoms with Crippen LogP contribution in [0.15, 0.2) is 24.3 Å². The quantitative estimate of drug-likeness (QED) is 0.666. The molecule has 0 bridgehead atoms. The van der Waals surface area contributed by atoms with Gasteiger partial charge in [0, 0.05) is 28.8 Å². The average molecular weight is 354 g/mol. The lowest BCUT2D eigenvalue weighted by molar-refractivity contribution is 0.0994. The number of rotatable bonds is 1. The fourth-order valence-electron chi connectivity index (χ4n) is 4.64. The monoisotopic (exact) mass is 353 g/mol. The highest BCUT2D eigenvalue weighted by atomic mass is 35.5. The Labute approximate surface area is 154 Å². The molecule has 0 fully saturated rings. The van der Waals surface area contributed by atoms with E-state index < -0.39 is 0 Å². The van der Waals surface area contributed by atoms with Gasteiger partial charge in [0.1, 0.15) is 0 Å². The van der Waals surface area contributed by atoms with Crippen molar-refractivity contribution in [3.63, 3.8) is 0 Å².